The minimum absolute atomic E-state index is 0. The van der Waals surface area contributed by atoms with E-state index in [-0.39, 0.29) is 17.3 Å². The third kappa shape index (κ3) is 5.29. The maximum atomic E-state index is 14.8. The van der Waals surface area contributed by atoms with Crippen LogP contribution >= 0.6 is 0 Å². The van der Waals surface area contributed by atoms with Crippen LogP contribution in [0.15, 0.2) is 18.2 Å². The zero-order valence-corrected chi connectivity index (χ0v) is 15.6. The zero-order chi connectivity index (χ0) is 21.2. The number of carbonyl (C=O) groups is 1. The molecular weight excluding hydrogens is 420 g/mol. The Balaban J connectivity index is 0.00000420. The normalized spacial score (nSPS) is 10.8. The predicted octanol–water partition coefficient (Wildman–Crippen LogP) is 2.48. The van der Waals surface area contributed by atoms with Crippen molar-refractivity contribution in [1.82, 2.24) is 6.15 Å². The Morgan fingerprint density at radius 1 is 1.14 bits per heavy atom. The number of carbonyl (C=O) groups excluding carboxylic acids is 1. The molecule has 2 aromatic rings. The van der Waals surface area contributed by atoms with E-state index >= 15 is 0 Å². The van der Waals surface area contributed by atoms with E-state index in [0.717, 1.165) is 12.1 Å². The van der Waals surface area contributed by atoms with Crippen molar-refractivity contribution in [2.75, 3.05) is 6.26 Å². The summed E-state index contributed by atoms with van der Waals surface area (Å²) in [6.45, 7) is -0.883. The minimum Gasteiger partial charge on any atom is -0.392 e. The first kappa shape index (κ1) is 24.0. The number of hydrogen-bond donors (Lipinski definition) is 2. The lowest BCUT2D eigenvalue weighted by Gasteiger charge is -2.14. The van der Waals surface area contributed by atoms with Crippen molar-refractivity contribution in [3.05, 3.63) is 69.3 Å². The number of benzene rings is 2. The van der Waals surface area contributed by atoms with E-state index in [2.05, 4.69) is 4.18 Å². The maximum Gasteiger partial charge on any atom is 0.359 e. The Morgan fingerprint density at radius 2 is 1.69 bits per heavy atom. The van der Waals surface area contributed by atoms with Crippen LogP contribution in [-0.2, 0) is 27.3 Å². The maximum absolute atomic E-state index is 14.8. The number of nitriles is 1. The first-order valence-corrected chi connectivity index (χ1v) is 9.22. The van der Waals surface area contributed by atoms with Crippen LogP contribution in [0.4, 0.5) is 17.6 Å². The van der Waals surface area contributed by atoms with Gasteiger partial charge in [-0.15, -0.1) is 0 Å². The Bertz CT molecular complexity index is 1090. The van der Waals surface area contributed by atoms with Crippen LogP contribution in [0.3, 0.4) is 0 Å². The molecule has 0 fully saturated rings. The van der Waals surface area contributed by atoms with Gasteiger partial charge in [0.2, 0.25) is 0 Å². The van der Waals surface area contributed by atoms with Gasteiger partial charge in [0.1, 0.15) is 40.5 Å². The summed E-state index contributed by atoms with van der Waals surface area (Å²) in [6, 6.07) is 3.36. The van der Waals surface area contributed by atoms with Crippen molar-refractivity contribution in [2.24, 2.45) is 0 Å². The topological polar surface area (TPSA) is 139 Å². The standard InChI is InChI=1S/C17H11F4NO5S.H3N/c1-28(25,26)27-17(24)15-14(20)5-9(7-23)10(16(15)21)2-8-3-12(18)11(6-22)13(19)4-8;/h3-5,23H,2,7H2,1H3;1H3. The van der Waals surface area contributed by atoms with Gasteiger partial charge in [-0.3, -0.25) is 0 Å². The fraction of sp³-hybridized carbons (Fsp3) is 0.176. The summed E-state index contributed by atoms with van der Waals surface area (Å²) in [5.41, 5.74) is -3.23. The smallest absolute Gasteiger partial charge is 0.359 e. The summed E-state index contributed by atoms with van der Waals surface area (Å²) in [5.74, 6) is -7.32. The third-order valence-electron chi connectivity index (χ3n) is 3.61. The van der Waals surface area contributed by atoms with E-state index in [4.69, 9.17) is 5.26 Å². The quantitative estimate of drug-likeness (QED) is 0.544. The fourth-order valence-corrected chi connectivity index (χ4v) is 2.80. The molecule has 0 saturated heterocycles. The van der Waals surface area contributed by atoms with Crippen LogP contribution in [-0.4, -0.2) is 25.7 Å². The Kier molecular flexibility index (Phi) is 7.45. The number of halogens is 4. The lowest BCUT2D eigenvalue weighted by atomic mass is 9.95. The molecule has 0 spiro atoms. The van der Waals surface area contributed by atoms with E-state index in [1.54, 1.807) is 0 Å². The zero-order valence-electron chi connectivity index (χ0n) is 14.8. The van der Waals surface area contributed by atoms with Crippen molar-refractivity contribution >= 4 is 16.1 Å². The highest BCUT2D eigenvalue weighted by Crippen LogP contribution is 2.26. The first-order chi connectivity index (χ1) is 13.0. The molecule has 0 aromatic heterocycles. The van der Waals surface area contributed by atoms with Crippen LogP contribution in [0.25, 0.3) is 0 Å². The number of aliphatic hydroxyl groups excluding tert-OH is 1. The first-order valence-electron chi connectivity index (χ1n) is 7.40. The Morgan fingerprint density at radius 3 is 2.14 bits per heavy atom. The largest absolute Gasteiger partial charge is 0.392 e. The van der Waals surface area contributed by atoms with E-state index < -0.39 is 69.1 Å². The van der Waals surface area contributed by atoms with Gasteiger partial charge in [-0.05, 0) is 34.9 Å². The molecule has 0 atom stereocenters. The number of aliphatic hydroxyl groups is 1. The molecule has 0 aliphatic heterocycles. The van der Waals surface area contributed by atoms with Crippen molar-refractivity contribution in [3.8, 4) is 6.07 Å². The Labute approximate surface area is 162 Å². The summed E-state index contributed by atoms with van der Waals surface area (Å²) in [4.78, 5) is 11.8. The van der Waals surface area contributed by atoms with Crippen LogP contribution in [0, 0.1) is 34.6 Å². The van der Waals surface area contributed by atoms with Gasteiger partial charge in [-0.1, -0.05) is 0 Å². The summed E-state index contributed by atoms with van der Waals surface area (Å²) in [5, 5.41) is 18.0. The molecule has 0 heterocycles. The van der Waals surface area contributed by atoms with Gasteiger partial charge in [0.15, 0.2) is 0 Å². The molecule has 0 bridgehead atoms. The fourth-order valence-electron chi connectivity index (χ4n) is 2.45. The summed E-state index contributed by atoms with van der Waals surface area (Å²) >= 11 is 0. The van der Waals surface area contributed by atoms with Gasteiger partial charge in [0, 0.05) is 6.42 Å². The highest BCUT2D eigenvalue weighted by Gasteiger charge is 2.27. The number of rotatable bonds is 5. The second kappa shape index (κ2) is 8.99. The highest BCUT2D eigenvalue weighted by atomic mass is 32.2. The molecule has 0 aliphatic rings. The van der Waals surface area contributed by atoms with Gasteiger partial charge < -0.3 is 15.4 Å². The van der Waals surface area contributed by atoms with Crippen LogP contribution in [0.2, 0.25) is 0 Å². The molecule has 12 heteroatoms. The molecule has 2 aromatic carbocycles. The van der Waals surface area contributed by atoms with Gasteiger partial charge in [-0.2, -0.15) is 13.7 Å². The molecule has 7 nitrogen and oxygen atoms in total. The third-order valence-corrected chi connectivity index (χ3v) is 4.06. The van der Waals surface area contributed by atoms with Crippen molar-refractivity contribution < 1.29 is 40.1 Å². The molecule has 0 amide bonds. The Hall–Kier alpha value is -3.01. The molecule has 0 saturated carbocycles. The molecule has 0 aliphatic carbocycles. The molecule has 2 rings (SSSR count). The number of hydrogen-bond acceptors (Lipinski definition) is 7. The second-order valence-electron chi connectivity index (χ2n) is 5.64. The number of nitrogens with zero attached hydrogens (tertiary/aromatic N) is 1. The molecule has 0 unspecified atom stereocenters. The summed E-state index contributed by atoms with van der Waals surface area (Å²) in [7, 11) is -4.37. The van der Waals surface area contributed by atoms with E-state index in [1.165, 1.54) is 6.07 Å². The average Bonchev–Trinajstić information content (AvgIpc) is 2.55. The van der Waals surface area contributed by atoms with Crippen LogP contribution in [0.1, 0.15) is 32.6 Å². The minimum atomic E-state index is -4.37. The van der Waals surface area contributed by atoms with Crippen LogP contribution < -0.4 is 6.15 Å². The van der Waals surface area contributed by atoms with Crippen molar-refractivity contribution in [3.63, 3.8) is 0 Å². The molecular formula is C17H14F4N2O5S. The summed E-state index contributed by atoms with van der Waals surface area (Å²) in [6.07, 6.45) is -0.104. The van der Waals surface area contributed by atoms with Crippen molar-refractivity contribution in [1.29, 1.82) is 5.26 Å². The lowest BCUT2D eigenvalue weighted by molar-refractivity contribution is 0.0738. The van der Waals surface area contributed by atoms with E-state index in [1.807, 2.05) is 0 Å². The van der Waals surface area contributed by atoms with Gasteiger partial charge in [0.05, 0.1) is 12.9 Å². The van der Waals surface area contributed by atoms with Gasteiger partial charge in [0.25, 0.3) is 0 Å². The van der Waals surface area contributed by atoms with E-state index in [0.29, 0.717) is 12.3 Å². The lowest BCUT2D eigenvalue weighted by Crippen LogP contribution is -2.17. The average molecular weight is 434 g/mol. The predicted molar refractivity (Wildman–Crippen MR) is 91.4 cm³/mol. The summed E-state index contributed by atoms with van der Waals surface area (Å²) < 4.78 is 82.4. The highest BCUT2D eigenvalue weighted by molar-refractivity contribution is 7.86. The van der Waals surface area contributed by atoms with Crippen molar-refractivity contribution in [2.45, 2.75) is 13.0 Å². The molecule has 156 valence electrons. The van der Waals surface area contributed by atoms with E-state index in [9.17, 15) is 35.9 Å². The molecule has 29 heavy (non-hydrogen) atoms. The molecule has 0 radical (unpaired) electrons. The van der Waals surface area contributed by atoms with Gasteiger partial charge in [-0.25, -0.2) is 22.4 Å². The van der Waals surface area contributed by atoms with Crippen LogP contribution in [0.5, 0.6) is 0 Å². The van der Waals surface area contributed by atoms with Gasteiger partial charge >= 0.3 is 16.1 Å². The monoisotopic (exact) mass is 434 g/mol. The molecule has 4 N–H and O–H groups in total. The SMILES string of the molecule is CS(=O)(=O)OC(=O)c1c(F)cc(CO)c(Cc2cc(F)c(C#N)c(F)c2)c1F.N. The second-order valence-corrected chi connectivity index (χ2v) is 7.22.